The van der Waals surface area contributed by atoms with Crippen molar-refractivity contribution in [1.29, 1.82) is 0 Å². The van der Waals surface area contributed by atoms with Crippen LogP contribution >= 0.6 is 0 Å². The predicted octanol–water partition coefficient (Wildman–Crippen LogP) is 2.19. The first-order valence-corrected chi connectivity index (χ1v) is 4.04. The van der Waals surface area contributed by atoms with E-state index < -0.39 is 12.4 Å². The number of aromatic nitrogens is 1. The lowest BCUT2D eigenvalue weighted by molar-refractivity contribution is 0.500. The number of rotatable bonds is 1. The molecule has 0 unspecified atom stereocenters. The minimum absolute atomic E-state index is 0.180. The lowest BCUT2D eigenvalue weighted by Gasteiger charge is -2.13. The predicted molar refractivity (Wildman–Crippen MR) is 47.5 cm³/mol. The highest BCUT2D eigenvalue weighted by atomic mass is 19.4. The van der Waals surface area contributed by atoms with Crippen LogP contribution in [0.2, 0.25) is 0 Å². The van der Waals surface area contributed by atoms with Gasteiger partial charge in [0.1, 0.15) is 5.52 Å². The summed E-state index contributed by atoms with van der Waals surface area (Å²) in [7, 11) is 0. The molecule has 0 amide bonds. The van der Waals surface area contributed by atoms with Crippen LogP contribution in [0.25, 0.3) is 11.1 Å². The number of hydrogen-bond acceptors (Lipinski definition) is 2. The Labute approximate surface area is 77.8 Å². The zero-order chi connectivity index (χ0) is 10.3. The molecular formula is C8H6BF3NO-. The standard InChI is InChI=1S/C8H6BF3NO/c1-5-13-7-3-2-6(9(10,11)12)4-8(7)14-5/h2-4H,1H3/q-1. The summed E-state index contributed by atoms with van der Waals surface area (Å²) in [5.41, 5.74) is -0.0286. The summed E-state index contributed by atoms with van der Waals surface area (Å²) in [4.78, 5) is 3.91. The molecule has 14 heavy (non-hydrogen) atoms. The van der Waals surface area contributed by atoms with Gasteiger partial charge in [0.2, 0.25) is 0 Å². The first kappa shape index (κ1) is 9.11. The molecule has 1 heterocycles. The molecule has 2 nitrogen and oxygen atoms in total. The van der Waals surface area contributed by atoms with Crippen LogP contribution in [-0.4, -0.2) is 12.0 Å². The number of halogens is 3. The van der Waals surface area contributed by atoms with Crippen molar-refractivity contribution in [3.05, 3.63) is 24.1 Å². The Bertz CT molecular complexity index is 477. The van der Waals surface area contributed by atoms with E-state index in [4.69, 9.17) is 4.42 Å². The fraction of sp³-hybridized carbons (Fsp3) is 0.125. The lowest BCUT2D eigenvalue weighted by atomic mass is 9.80. The van der Waals surface area contributed by atoms with Crippen molar-refractivity contribution in [2.45, 2.75) is 6.92 Å². The molecule has 0 atom stereocenters. The fourth-order valence-electron chi connectivity index (χ4n) is 1.26. The van der Waals surface area contributed by atoms with Gasteiger partial charge >= 0.3 is 6.98 Å². The van der Waals surface area contributed by atoms with E-state index in [1.807, 2.05) is 0 Å². The maximum absolute atomic E-state index is 12.3. The molecule has 1 aromatic carbocycles. The molecule has 0 radical (unpaired) electrons. The first-order chi connectivity index (χ1) is 6.47. The topological polar surface area (TPSA) is 26.0 Å². The van der Waals surface area contributed by atoms with Crippen molar-refractivity contribution < 1.29 is 17.4 Å². The third-order valence-corrected chi connectivity index (χ3v) is 1.90. The average molecular weight is 200 g/mol. The summed E-state index contributed by atoms with van der Waals surface area (Å²) in [6.07, 6.45) is 0. The van der Waals surface area contributed by atoms with E-state index in [0.29, 0.717) is 11.4 Å². The average Bonchev–Trinajstić information content (AvgIpc) is 2.41. The summed E-state index contributed by atoms with van der Waals surface area (Å²) < 4.78 is 42.0. The third kappa shape index (κ3) is 1.47. The molecule has 0 saturated carbocycles. The number of benzene rings is 1. The SMILES string of the molecule is Cc1nc2ccc([B-](F)(F)F)cc2o1. The molecule has 2 rings (SSSR count). The van der Waals surface area contributed by atoms with E-state index in [0.717, 1.165) is 12.1 Å². The molecule has 0 N–H and O–H groups in total. The summed E-state index contributed by atoms with van der Waals surface area (Å²) in [5.74, 6) is 0.367. The molecule has 0 aliphatic heterocycles. The molecule has 6 heteroatoms. The highest BCUT2D eigenvalue weighted by Gasteiger charge is 2.25. The number of aryl methyl sites for hydroxylation is 1. The highest BCUT2D eigenvalue weighted by molar-refractivity contribution is 6.73. The smallest absolute Gasteiger partial charge is 0.445 e. The molecule has 0 bridgehead atoms. The second-order valence-electron chi connectivity index (χ2n) is 3.03. The Morgan fingerprint density at radius 1 is 1.29 bits per heavy atom. The van der Waals surface area contributed by atoms with Crippen molar-refractivity contribution in [1.82, 2.24) is 4.98 Å². The van der Waals surface area contributed by atoms with Crippen LogP contribution in [0.15, 0.2) is 22.6 Å². The number of fused-ring (bicyclic) bond motifs is 1. The van der Waals surface area contributed by atoms with Crippen LogP contribution < -0.4 is 5.46 Å². The van der Waals surface area contributed by atoms with Gasteiger partial charge in [-0.25, -0.2) is 4.98 Å². The minimum Gasteiger partial charge on any atom is -0.445 e. The van der Waals surface area contributed by atoms with E-state index >= 15 is 0 Å². The maximum Gasteiger partial charge on any atom is 0.509 e. The van der Waals surface area contributed by atoms with Gasteiger partial charge in [-0.05, 0) is 12.1 Å². The molecule has 0 spiro atoms. The van der Waals surface area contributed by atoms with Crippen LogP contribution in [0.3, 0.4) is 0 Å². The largest absolute Gasteiger partial charge is 0.509 e. The Morgan fingerprint density at radius 2 is 2.00 bits per heavy atom. The third-order valence-electron chi connectivity index (χ3n) is 1.90. The summed E-state index contributed by atoms with van der Waals surface area (Å²) in [6, 6.07) is 3.32. The molecular weight excluding hydrogens is 194 g/mol. The van der Waals surface area contributed by atoms with Crippen molar-refractivity contribution in [2.24, 2.45) is 0 Å². The van der Waals surface area contributed by atoms with Crippen molar-refractivity contribution in [3.8, 4) is 0 Å². The molecule has 0 aliphatic rings. The summed E-state index contributed by atoms with van der Waals surface area (Å²) >= 11 is 0. The maximum atomic E-state index is 12.3. The van der Waals surface area contributed by atoms with Gasteiger partial charge in [-0.3, -0.25) is 0 Å². The molecule has 2 aromatic rings. The van der Waals surface area contributed by atoms with Crippen LogP contribution in [0, 0.1) is 6.92 Å². The Balaban J connectivity index is 2.62. The molecule has 0 fully saturated rings. The van der Waals surface area contributed by atoms with Gasteiger partial charge in [-0.2, -0.15) is 0 Å². The van der Waals surface area contributed by atoms with Crippen LogP contribution in [0.1, 0.15) is 5.89 Å². The Morgan fingerprint density at radius 3 is 2.64 bits per heavy atom. The van der Waals surface area contributed by atoms with Gasteiger partial charge in [0.05, 0.1) is 0 Å². The van der Waals surface area contributed by atoms with Crippen LogP contribution in [-0.2, 0) is 0 Å². The van der Waals surface area contributed by atoms with Crippen LogP contribution in [0.5, 0.6) is 0 Å². The summed E-state index contributed by atoms with van der Waals surface area (Å²) in [6.45, 7) is -3.37. The Hall–Kier alpha value is -1.46. The van der Waals surface area contributed by atoms with E-state index in [2.05, 4.69) is 4.98 Å². The van der Waals surface area contributed by atoms with E-state index in [9.17, 15) is 12.9 Å². The molecule has 0 aliphatic carbocycles. The van der Waals surface area contributed by atoms with Gasteiger partial charge in [-0.15, -0.1) is 5.46 Å². The first-order valence-electron chi connectivity index (χ1n) is 4.04. The molecule has 74 valence electrons. The van der Waals surface area contributed by atoms with Crippen molar-refractivity contribution in [3.63, 3.8) is 0 Å². The van der Waals surface area contributed by atoms with Crippen molar-refractivity contribution >= 4 is 23.5 Å². The van der Waals surface area contributed by atoms with E-state index in [-0.39, 0.29) is 5.58 Å². The number of hydrogen-bond donors (Lipinski definition) is 0. The van der Waals surface area contributed by atoms with Gasteiger partial charge in [0.25, 0.3) is 0 Å². The molecule has 0 saturated heterocycles. The second kappa shape index (κ2) is 2.77. The van der Waals surface area contributed by atoms with Gasteiger partial charge in [-0.1, -0.05) is 6.07 Å². The van der Waals surface area contributed by atoms with Gasteiger partial charge in [0.15, 0.2) is 11.5 Å². The number of nitrogens with zero attached hydrogens (tertiary/aromatic N) is 1. The second-order valence-corrected chi connectivity index (χ2v) is 3.03. The number of oxazole rings is 1. The monoisotopic (exact) mass is 200 g/mol. The fourth-order valence-corrected chi connectivity index (χ4v) is 1.26. The zero-order valence-corrected chi connectivity index (χ0v) is 7.30. The van der Waals surface area contributed by atoms with Crippen molar-refractivity contribution in [2.75, 3.05) is 0 Å². The van der Waals surface area contributed by atoms with E-state index in [1.165, 1.54) is 6.07 Å². The lowest BCUT2D eigenvalue weighted by Crippen LogP contribution is -2.33. The highest BCUT2D eigenvalue weighted by Crippen LogP contribution is 2.16. The van der Waals surface area contributed by atoms with Gasteiger partial charge in [0, 0.05) is 6.92 Å². The van der Waals surface area contributed by atoms with Gasteiger partial charge < -0.3 is 17.4 Å². The Kier molecular flexibility index (Phi) is 1.80. The normalized spacial score (nSPS) is 12.3. The molecule has 1 aromatic heterocycles. The quantitative estimate of drug-likeness (QED) is 0.659. The van der Waals surface area contributed by atoms with Crippen LogP contribution in [0.4, 0.5) is 12.9 Å². The zero-order valence-electron chi connectivity index (χ0n) is 7.30. The minimum atomic E-state index is -4.96. The van der Waals surface area contributed by atoms with E-state index in [1.54, 1.807) is 6.92 Å². The summed E-state index contributed by atoms with van der Waals surface area (Å²) in [5, 5.41) is 0.